The van der Waals surface area contributed by atoms with Crippen LogP contribution >= 0.6 is 0 Å². The third kappa shape index (κ3) is 3.42. The van der Waals surface area contributed by atoms with Gasteiger partial charge in [0.1, 0.15) is 5.75 Å². The van der Waals surface area contributed by atoms with Crippen molar-refractivity contribution in [2.75, 3.05) is 33.3 Å². The van der Waals surface area contributed by atoms with E-state index in [4.69, 9.17) is 4.74 Å². The molecule has 4 nitrogen and oxygen atoms in total. The monoisotopic (exact) mass is 378 g/mol. The van der Waals surface area contributed by atoms with Crippen molar-refractivity contribution in [1.29, 1.82) is 0 Å². The van der Waals surface area contributed by atoms with E-state index in [1.165, 1.54) is 11.1 Å². The topological polar surface area (TPSA) is 32.8 Å². The van der Waals surface area contributed by atoms with Crippen LogP contribution in [-0.4, -0.2) is 49.0 Å². The summed E-state index contributed by atoms with van der Waals surface area (Å²) in [5.41, 5.74) is 3.43. The van der Waals surface area contributed by atoms with Crippen LogP contribution in [0.3, 0.4) is 0 Å². The van der Waals surface area contributed by atoms with E-state index in [-0.39, 0.29) is 5.91 Å². The van der Waals surface area contributed by atoms with E-state index in [0.717, 1.165) is 26.1 Å². The van der Waals surface area contributed by atoms with Crippen LogP contribution in [-0.2, 0) is 0 Å². The Morgan fingerprint density at radius 2 is 1.82 bits per heavy atom. The lowest BCUT2D eigenvalue weighted by atomic mass is 9.88. The van der Waals surface area contributed by atoms with Gasteiger partial charge in [0.05, 0.1) is 12.2 Å². The van der Waals surface area contributed by atoms with E-state index in [9.17, 15) is 4.79 Å². The molecule has 0 bridgehead atoms. The van der Waals surface area contributed by atoms with Crippen molar-refractivity contribution in [2.45, 2.75) is 26.3 Å². The summed E-state index contributed by atoms with van der Waals surface area (Å²) in [6, 6.07) is 16.7. The number of hydrogen-bond donors (Lipinski definition) is 0. The van der Waals surface area contributed by atoms with E-state index in [1.807, 2.05) is 29.2 Å². The van der Waals surface area contributed by atoms with Crippen LogP contribution in [0.25, 0.3) is 0 Å². The Hall–Kier alpha value is -2.33. The third-order valence-corrected chi connectivity index (χ3v) is 6.27. The molecule has 0 saturated carbocycles. The Bertz CT molecular complexity index is 850. The fraction of sp³-hybridized carbons (Fsp3) is 0.458. The summed E-state index contributed by atoms with van der Waals surface area (Å²) in [4.78, 5) is 17.8. The Kier molecular flexibility index (Phi) is 5.40. The Balaban J connectivity index is 1.55. The van der Waals surface area contributed by atoms with Crippen LogP contribution in [0.2, 0.25) is 0 Å². The van der Waals surface area contributed by atoms with Crippen molar-refractivity contribution in [1.82, 2.24) is 9.80 Å². The maximum absolute atomic E-state index is 13.3. The van der Waals surface area contributed by atoms with Gasteiger partial charge < -0.3 is 9.64 Å². The molecule has 2 saturated heterocycles. The van der Waals surface area contributed by atoms with E-state index in [1.54, 1.807) is 0 Å². The number of carbonyl (C=O) groups is 1. The second kappa shape index (κ2) is 7.96. The molecular weight excluding hydrogens is 348 g/mol. The molecule has 28 heavy (non-hydrogen) atoms. The predicted octanol–water partition coefficient (Wildman–Crippen LogP) is 4.16. The average molecular weight is 379 g/mol. The number of ether oxygens (including phenoxy) is 1. The van der Waals surface area contributed by atoms with E-state index < -0.39 is 0 Å². The standard InChI is InChI=1S/C24H30N2O2/c1-4-13-28-22-12-8-7-11-20(22)24(27)26-15-18-14-25(3)23(21(18)16-26)19-10-6-5-9-17(19)2/h5-12,18,21,23H,4,13-16H2,1-3H3/t18-,21+,23-/m0/s1. The van der Waals surface area contributed by atoms with Crippen molar-refractivity contribution in [3.63, 3.8) is 0 Å². The van der Waals surface area contributed by atoms with Crippen LogP contribution in [0.4, 0.5) is 0 Å². The maximum atomic E-state index is 13.3. The zero-order valence-corrected chi connectivity index (χ0v) is 17.1. The zero-order chi connectivity index (χ0) is 19.7. The molecule has 3 atom stereocenters. The molecule has 0 aliphatic carbocycles. The van der Waals surface area contributed by atoms with E-state index >= 15 is 0 Å². The van der Waals surface area contributed by atoms with Crippen molar-refractivity contribution in [3.05, 3.63) is 65.2 Å². The van der Waals surface area contributed by atoms with Gasteiger partial charge in [-0.25, -0.2) is 0 Å². The predicted molar refractivity (Wildman–Crippen MR) is 112 cm³/mol. The second-order valence-corrected chi connectivity index (χ2v) is 8.22. The second-order valence-electron chi connectivity index (χ2n) is 8.22. The summed E-state index contributed by atoms with van der Waals surface area (Å²) in [5, 5.41) is 0. The highest BCUT2D eigenvalue weighted by molar-refractivity contribution is 5.97. The van der Waals surface area contributed by atoms with Gasteiger partial charge in [-0.15, -0.1) is 0 Å². The van der Waals surface area contributed by atoms with Gasteiger partial charge in [-0.3, -0.25) is 9.69 Å². The van der Waals surface area contributed by atoms with Crippen molar-refractivity contribution in [3.8, 4) is 5.75 Å². The fourth-order valence-corrected chi connectivity index (χ4v) is 4.96. The molecule has 0 unspecified atom stereocenters. The molecule has 2 aliphatic heterocycles. The summed E-state index contributed by atoms with van der Waals surface area (Å²) in [7, 11) is 2.22. The lowest BCUT2D eigenvalue weighted by Gasteiger charge is -2.28. The number of benzene rings is 2. The Morgan fingerprint density at radius 3 is 2.61 bits per heavy atom. The molecule has 2 heterocycles. The first-order valence-electron chi connectivity index (χ1n) is 10.4. The highest BCUT2D eigenvalue weighted by Crippen LogP contribution is 2.45. The number of hydrogen-bond acceptors (Lipinski definition) is 3. The maximum Gasteiger partial charge on any atom is 0.257 e. The Labute approximate surface area is 168 Å². The van der Waals surface area contributed by atoms with Crippen LogP contribution in [0.1, 0.15) is 40.9 Å². The normalized spacial score (nSPS) is 24.4. The largest absolute Gasteiger partial charge is 0.493 e. The molecule has 2 aromatic carbocycles. The highest BCUT2D eigenvalue weighted by atomic mass is 16.5. The number of aryl methyl sites for hydroxylation is 1. The van der Waals surface area contributed by atoms with Crippen molar-refractivity contribution < 1.29 is 9.53 Å². The molecule has 148 valence electrons. The van der Waals surface area contributed by atoms with E-state index in [0.29, 0.717) is 35.8 Å². The first kappa shape index (κ1) is 19.0. The Morgan fingerprint density at radius 1 is 1.07 bits per heavy atom. The smallest absolute Gasteiger partial charge is 0.257 e. The molecule has 0 aromatic heterocycles. The average Bonchev–Trinajstić information content (AvgIpc) is 3.23. The molecular formula is C24H30N2O2. The number of nitrogens with zero attached hydrogens (tertiary/aromatic N) is 2. The number of para-hydroxylation sites is 1. The summed E-state index contributed by atoms with van der Waals surface area (Å²) >= 11 is 0. The summed E-state index contributed by atoms with van der Waals surface area (Å²) in [6.45, 7) is 7.59. The quantitative estimate of drug-likeness (QED) is 0.783. The lowest BCUT2D eigenvalue weighted by molar-refractivity contribution is 0.0763. The fourth-order valence-electron chi connectivity index (χ4n) is 4.96. The number of likely N-dealkylation sites (tertiary alicyclic amines) is 2. The van der Waals surface area contributed by atoms with Gasteiger partial charge >= 0.3 is 0 Å². The lowest BCUT2D eigenvalue weighted by Crippen LogP contribution is -2.33. The minimum Gasteiger partial charge on any atom is -0.493 e. The van der Waals surface area contributed by atoms with Crippen LogP contribution in [0.15, 0.2) is 48.5 Å². The van der Waals surface area contributed by atoms with Crippen LogP contribution in [0.5, 0.6) is 5.75 Å². The highest BCUT2D eigenvalue weighted by Gasteiger charge is 2.47. The zero-order valence-electron chi connectivity index (χ0n) is 17.1. The molecule has 1 amide bonds. The van der Waals surface area contributed by atoms with Gasteiger partial charge in [0, 0.05) is 31.6 Å². The summed E-state index contributed by atoms with van der Waals surface area (Å²) in [6.07, 6.45) is 0.931. The van der Waals surface area contributed by atoms with Crippen molar-refractivity contribution >= 4 is 5.91 Å². The van der Waals surface area contributed by atoms with Crippen LogP contribution < -0.4 is 4.74 Å². The van der Waals surface area contributed by atoms with Crippen LogP contribution in [0, 0.1) is 18.8 Å². The molecule has 2 fully saturated rings. The first-order valence-corrected chi connectivity index (χ1v) is 10.4. The summed E-state index contributed by atoms with van der Waals surface area (Å²) < 4.78 is 5.83. The molecule has 2 aromatic rings. The first-order chi connectivity index (χ1) is 13.6. The number of amides is 1. The van der Waals surface area contributed by atoms with Gasteiger partial charge in [0.25, 0.3) is 5.91 Å². The van der Waals surface area contributed by atoms with Crippen molar-refractivity contribution in [2.24, 2.45) is 11.8 Å². The van der Waals surface area contributed by atoms with Gasteiger partial charge in [0.15, 0.2) is 0 Å². The molecule has 0 N–H and O–H groups in total. The molecule has 0 spiro atoms. The van der Waals surface area contributed by atoms with Gasteiger partial charge in [-0.05, 0) is 49.6 Å². The number of fused-ring (bicyclic) bond motifs is 1. The molecule has 4 rings (SSSR count). The molecule has 4 heteroatoms. The molecule has 0 radical (unpaired) electrons. The van der Waals surface area contributed by atoms with Gasteiger partial charge in [0.2, 0.25) is 0 Å². The molecule has 2 aliphatic rings. The van der Waals surface area contributed by atoms with Gasteiger partial charge in [-0.2, -0.15) is 0 Å². The minimum atomic E-state index is 0.104. The minimum absolute atomic E-state index is 0.104. The third-order valence-electron chi connectivity index (χ3n) is 6.27. The number of carbonyl (C=O) groups excluding carboxylic acids is 1. The van der Waals surface area contributed by atoms with E-state index in [2.05, 4.69) is 50.1 Å². The summed E-state index contributed by atoms with van der Waals surface area (Å²) in [5.74, 6) is 1.83. The number of rotatable bonds is 5. The SMILES string of the molecule is CCCOc1ccccc1C(=O)N1C[C@@H]2CN(C)[C@@H](c3ccccc3C)[C@@H]2C1. The van der Waals surface area contributed by atoms with Gasteiger partial charge in [-0.1, -0.05) is 43.3 Å².